The Balaban J connectivity index is 1.32. The van der Waals surface area contributed by atoms with Gasteiger partial charge in [0.25, 0.3) is 0 Å². The molecule has 2 heterocycles. The SMILES string of the molecule is O=S([O-])CCN=Cc1ccc(-c2ccc3ncnc(Nc4ccc(OCc5cccc(F)c5)c(Cl)c4)c3c2)o1. The summed E-state index contributed by atoms with van der Waals surface area (Å²) in [6.45, 7) is 0.351. The number of aliphatic imine (C=N–C) groups is 1. The summed E-state index contributed by atoms with van der Waals surface area (Å²) in [4.78, 5) is 12.8. The van der Waals surface area contributed by atoms with Gasteiger partial charge in [0.05, 0.1) is 16.8 Å². The number of nitrogens with zero attached hydrogens (tertiary/aromatic N) is 3. The summed E-state index contributed by atoms with van der Waals surface area (Å²) in [5, 5.41) is 4.44. The number of furan rings is 1. The van der Waals surface area contributed by atoms with E-state index in [1.165, 1.54) is 24.7 Å². The van der Waals surface area contributed by atoms with E-state index >= 15 is 0 Å². The number of hydrogen-bond acceptors (Lipinski definition) is 8. The van der Waals surface area contributed by atoms with Crippen LogP contribution in [0.2, 0.25) is 5.02 Å². The lowest BCUT2D eigenvalue weighted by Crippen LogP contribution is -1.99. The van der Waals surface area contributed by atoms with Crippen molar-refractivity contribution in [3.05, 3.63) is 101 Å². The standard InChI is InChI=1S/C28H22ClFN4O4S/c29-24-14-21(5-8-27(24)37-16-18-2-1-3-20(30)12-18)34-28-23-13-19(4-7-25(23)32-17-33-28)26-9-6-22(38-26)15-31-10-11-39(35)36/h1-9,12-15,17H,10-11,16H2,(H,35,36)(H,32,33,34)/p-1. The van der Waals surface area contributed by atoms with E-state index in [9.17, 15) is 13.2 Å². The number of benzene rings is 3. The molecular weight excluding hydrogens is 543 g/mol. The molecule has 39 heavy (non-hydrogen) atoms. The van der Waals surface area contributed by atoms with Crippen molar-refractivity contribution in [3.8, 4) is 17.1 Å². The second-order valence-electron chi connectivity index (χ2n) is 8.39. The molecule has 0 aliphatic rings. The fraction of sp³-hybridized carbons (Fsp3) is 0.107. The van der Waals surface area contributed by atoms with Gasteiger partial charge in [-0.25, -0.2) is 14.4 Å². The van der Waals surface area contributed by atoms with E-state index in [-0.39, 0.29) is 24.7 Å². The normalized spacial score (nSPS) is 12.2. The first kappa shape index (κ1) is 26.5. The van der Waals surface area contributed by atoms with Crippen molar-refractivity contribution in [2.45, 2.75) is 6.61 Å². The van der Waals surface area contributed by atoms with Crippen molar-refractivity contribution >= 4 is 51.3 Å². The fourth-order valence-corrected chi connectivity index (χ4v) is 4.28. The first-order chi connectivity index (χ1) is 18.9. The molecule has 0 radical (unpaired) electrons. The van der Waals surface area contributed by atoms with Crippen LogP contribution in [-0.2, 0) is 17.7 Å². The smallest absolute Gasteiger partial charge is 0.145 e. The summed E-state index contributed by atoms with van der Waals surface area (Å²) in [6.07, 6.45) is 2.97. The number of halogens is 2. The molecular formula is C28H21ClFN4O4S-. The highest BCUT2D eigenvalue weighted by atomic mass is 35.5. The lowest BCUT2D eigenvalue weighted by atomic mass is 10.1. The first-order valence-corrected chi connectivity index (χ1v) is 13.4. The molecule has 1 unspecified atom stereocenters. The van der Waals surface area contributed by atoms with Gasteiger partial charge in [-0.2, -0.15) is 0 Å². The summed E-state index contributed by atoms with van der Waals surface area (Å²) in [7, 11) is 0. The molecule has 0 aliphatic heterocycles. The van der Waals surface area contributed by atoms with Gasteiger partial charge >= 0.3 is 0 Å². The van der Waals surface area contributed by atoms with E-state index in [1.54, 1.807) is 30.3 Å². The summed E-state index contributed by atoms with van der Waals surface area (Å²) in [6, 6.07) is 20.7. The number of ether oxygens (including phenoxy) is 1. The highest BCUT2D eigenvalue weighted by Crippen LogP contribution is 2.32. The molecule has 0 amide bonds. The summed E-state index contributed by atoms with van der Waals surface area (Å²) in [5.74, 6) is 1.81. The van der Waals surface area contributed by atoms with Gasteiger partial charge in [-0.05, 0) is 66.2 Å². The van der Waals surface area contributed by atoms with Crippen LogP contribution in [0.25, 0.3) is 22.2 Å². The minimum Gasteiger partial charge on any atom is -0.772 e. The minimum atomic E-state index is -2.13. The Morgan fingerprint density at radius 1 is 1.10 bits per heavy atom. The molecule has 2 aromatic heterocycles. The molecule has 0 saturated heterocycles. The summed E-state index contributed by atoms with van der Waals surface area (Å²) >= 11 is 4.33. The Labute approximate surface area is 230 Å². The van der Waals surface area contributed by atoms with Gasteiger partial charge in [0.15, 0.2) is 0 Å². The van der Waals surface area contributed by atoms with Gasteiger partial charge in [0.1, 0.15) is 41.8 Å². The van der Waals surface area contributed by atoms with Gasteiger partial charge < -0.3 is 19.0 Å². The maximum Gasteiger partial charge on any atom is 0.145 e. The molecule has 5 rings (SSSR count). The Hall–Kier alpha value is -4.12. The van der Waals surface area contributed by atoms with Gasteiger partial charge in [-0.1, -0.05) is 34.8 Å². The van der Waals surface area contributed by atoms with Gasteiger partial charge in [-0.15, -0.1) is 0 Å². The minimum absolute atomic E-state index is 0.0413. The quantitative estimate of drug-likeness (QED) is 0.157. The third-order valence-corrected chi connectivity index (χ3v) is 6.44. The molecule has 1 atom stereocenters. The molecule has 0 saturated carbocycles. The van der Waals surface area contributed by atoms with Crippen molar-refractivity contribution in [2.75, 3.05) is 17.6 Å². The zero-order valence-corrected chi connectivity index (χ0v) is 21.9. The molecule has 198 valence electrons. The van der Waals surface area contributed by atoms with Crippen molar-refractivity contribution in [1.82, 2.24) is 9.97 Å². The number of fused-ring (bicyclic) bond motifs is 1. The van der Waals surface area contributed by atoms with Crippen molar-refractivity contribution in [3.63, 3.8) is 0 Å². The zero-order chi connectivity index (χ0) is 27.2. The van der Waals surface area contributed by atoms with Crippen LogP contribution in [-0.4, -0.2) is 37.2 Å². The van der Waals surface area contributed by atoms with E-state index in [0.717, 1.165) is 16.5 Å². The average Bonchev–Trinajstić information content (AvgIpc) is 3.40. The van der Waals surface area contributed by atoms with E-state index in [1.807, 2.05) is 30.3 Å². The average molecular weight is 564 g/mol. The Bertz CT molecular complexity index is 1680. The second-order valence-corrected chi connectivity index (χ2v) is 9.81. The van der Waals surface area contributed by atoms with Crippen LogP contribution in [0.15, 0.2) is 88.5 Å². The number of nitrogens with one attached hydrogen (secondary N) is 1. The molecule has 0 aliphatic carbocycles. The number of anilines is 2. The number of aromatic nitrogens is 2. The van der Waals surface area contributed by atoms with Crippen LogP contribution in [0, 0.1) is 5.82 Å². The topological polar surface area (TPSA) is 113 Å². The molecule has 0 spiro atoms. The predicted molar refractivity (Wildman–Crippen MR) is 149 cm³/mol. The number of hydrogen-bond donors (Lipinski definition) is 1. The van der Waals surface area contributed by atoms with Crippen LogP contribution in [0.5, 0.6) is 5.75 Å². The molecule has 5 aromatic rings. The molecule has 11 heteroatoms. The van der Waals surface area contributed by atoms with E-state index in [0.29, 0.717) is 39.4 Å². The second kappa shape index (κ2) is 12.2. The molecule has 0 bridgehead atoms. The van der Waals surface area contributed by atoms with E-state index in [2.05, 4.69) is 20.3 Å². The lowest BCUT2D eigenvalue weighted by Gasteiger charge is -2.12. The van der Waals surface area contributed by atoms with E-state index < -0.39 is 11.1 Å². The fourth-order valence-electron chi connectivity index (χ4n) is 3.79. The van der Waals surface area contributed by atoms with Crippen LogP contribution in [0.1, 0.15) is 11.3 Å². The summed E-state index contributed by atoms with van der Waals surface area (Å²) in [5.41, 5.74) is 2.93. The van der Waals surface area contributed by atoms with Crippen molar-refractivity contribution in [1.29, 1.82) is 0 Å². The highest BCUT2D eigenvalue weighted by molar-refractivity contribution is 7.79. The Morgan fingerprint density at radius 2 is 2.00 bits per heavy atom. The van der Waals surface area contributed by atoms with Gasteiger partial charge in [0.2, 0.25) is 0 Å². The first-order valence-electron chi connectivity index (χ1n) is 11.8. The monoisotopic (exact) mass is 563 g/mol. The molecule has 8 nitrogen and oxygen atoms in total. The summed E-state index contributed by atoms with van der Waals surface area (Å²) < 4.78 is 46.3. The maximum absolute atomic E-state index is 13.4. The van der Waals surface area contributed by atoms with Gasteiger partial charge in [0, 0.05) is 28.9 Å². The van der Waals surface area contributed by atoms with Crippen LogP contribution < -0.4 is 10.1 Å². The van der Waals surface area contributed by atoms with Gasteiger partial charge in [-0.3, -0.25) is 9.20 Å². The predicted octanol–water partition coefficient (Wildman–Crippen LogP) is 6.30. The maximum atomic E-state index is 13.4. The highest BCUT2D eigenvalue weighted by Gasteiger charge is 2.11. The third-order valence-electron chi connectivity index (χ3n) is 5.63. The zero-order valence-electron chi connectivity index (χ0n) is 20.3. The molecule has 3 aromatic carbocycles. The lowest BCUT2D eigenvalue weighted by molar-refractivity contribution is 0.306. The molecule has 1 N–H and O–H groups in total. The Morgan fingerprint density at radius 3 is 2.82 bits per heavy atom. The number of rotatable bonds is 10. The van der Waals surface area contributed by atoms with Crippen LogP contribution in [0.4, 0.5) is 15.9 Å². The van der Waals surface area contributed by atoms with E-state index in [4.69, 9.17) is 20.8 Å². The largest absolute Gasteiger partial charge is 0.772 e. The van der Waals surface area contributed by atoms with Crippen LogP contribution in [0.3, 0.4) is 0 Å². The Kier molecular flexibility index (Phi) is 8.26. The third kappa shape index (κ3) is 6.85. The van der Waals surface area contributed by atoms with Crippen LogP contribution >= 0.6 is 11.6 Å². The van der Waals surface area contributed by atoms with Crippen molar-refractivity contribution < 1.29 is 22.3 Å². The van der Waals surface area contributed by atoms with Crippen molar-refractivity contribution in [2.24, 2.45) is 4.99 Å². The molecule has 0 fully saturated rings.